The van der Waals surface area contributed by atoms with Crippen molar-refractivity contribution in [3.8, 4) is 0 Å². The van der Waals surface area contributed by atoms with Crippen LogP contribution in [0.5, 0.6) is 0 Å². The van der Waals surface area contributed by atoms with Gasteiger partial charge in [0.2, 0.25) is 0 Å². The van der Waals surface area contributed by atoms with Crippen LogP contribution in [0.4, 0.5) is 0 Å². The third-order valence-electron chi connectivity index (χ3n) is 4.93. The van der Waals surface area contributed by atoms with Crippen LogP contribution in [0.15, 0.2) is 12.3 Å². The molecule has 1 aliphatic rings. The monoisotopic (exact) mass is 386 g/mol. The van der Waals surface area contributed by atoms with Crippen LogP contribution in [0.3, 0.4) is 0 Å². The van der Waals surface area contributed by atoms with E-state index in [1.54, 1.807) is 11.1 Å². The first kappa shape index (κ1) is 20.3. The van der Waals surface area contributed by atoms with Gasteiger partial charge in [0.1, 0.15) is 5.60 Å². The average Bonchev–Trinajstić information content (AvgIpc) is 3.02. The lowest BCUT2D eigenvalue weighted by atomic mass is 9.97. The molecule has 0 spiro atoms. The zero-order chi connectivity index (χ0) is 20.6. The van der Waals surface area contributed by atoms with Gasteiger partial charge in [-0.2, -0.15) is 5.10 Å². The van der Waals surface area contributed by atoms with Gasteiger partial charge < -0.3 is 9.64 Å². The minimum Gasteiger partial charge on any atom is -0.460 e. The number of piperidine rings is 1. The average molecular weight is 386 g/mol. The van der Waals surface area contributed by atoms with E-state index in [1.165, 1.54) is 0 Å². The molecule has 0 bridgehead atoms. The molecule has 2 aromatic rings. The lowest BCUT2D eigenvalue weighted by Gasteiger charge is -2.33. The molecule has 0 N–H and O–H groups in total. The van der Waals surface area contributed by atoms with E-state index in [2.05, 4.69) is 10.1 Å². The van der Waals surface area contributed by atoms with Gasteiger partial charge >= 0.3 is 5.97 Å². The summed E-state index contributed by atoms with van der Waals surface area (Å²) in [5.41, 5.74) is 1.51. The molecule has 0 aromatic carbocycles. The third kappa shape index (κ3) is 4.18. The Hall–Kier alpha value is -2.44. The Morgan fingerprint density at radius 1 is 1.29 bits per heavy atom. The molecule has 1 saturated heterocycles. The van der Waals surface area contributed by atoms with Crippen LogP contribution in [-0.4, -0.2) is 50.2 Å². The predicted molar refractivity (Wildman–Crippen MR) is 107 cm³/mol. The number of nitrogens with zero attached hydrogens (tertiary/aromatic N) is 4. The fourth-order valence-electron chi connectivity index (χ4n) is 3.57. The summed E-state index contributed by atoms with van der Waals surface area (Å²) in [6.07, 6.45) is 3.28. The Labute approximate surface area is 166 Å². The fraction of sp³-hybridized carbons (Fsp3) is 0.619. The maximum absolute atomic E-state index is 13.2. The highest BCUT2D eigenvalue weighted by atomic mass is 16.6. The zero-order valence-electron chi connectivity index (χ0n) is 17.7. The highest BCUT2D eigenvalue weighted by Crippen LogP contribution is 2.25. The number of carbonyl (C=O) groups is 2. The molecule has 3 heterocycles. The molecular weight excluding hydrogens is 356 g/mol. The van der Waals surface area contributed by atoms with E-state index in [0.29, 0.717) is 24.3 Å². The van der Waals surface area contributed by atoms with Crippen molar-refractivity contribution in [3.63, 3.8) is 0 Å². The van der Waals surface area contributed by atoms with Crippen LogP contribution in [0.2, 0.25) is 0 Å². The van der Waals surface area contributed by atoms with E-state index >= 15 is 0 Å². The van der Waals surface area contributed by atoms with E-state index in [4.69, 9.17) is 4.74 Å². The normalized spacial score (nSPS) is 18.0. The third-order valence-corrected chi connectivity index (χ3v) is 4.93. The molecule has 1 amide bonds. The van der Waals surface area contributed by atoms with Crippen LogP contribution < -0.4 is 0 Å². The number of esters is 1. The van der Waals surface area contributed by atoms with Crippen molar-refractivity contribution in [3.05, 3.63) is 23.5 Å². The van der Waals surface area contributed by atoms with Crippen LogP contribution in [0.1, 0.15) is 69.6 Å². The molecule has 0 radical (unpaired) electrons. The molecule has 2 aromatic heterocycles. The van der Waals surface area contributed by atoms with Gasteiger partial charge in [-0.1, -0.05) is 0 Å². The van der Waals surface area contributed by atoms with Gasteiger partial charge in [0, 0.05) is 24.5 Å². The molecule has 0 saturated carbocycles. The van der Waals surface area contributed by atoms with Crippen molar-refractivity contribution in [2.75, 3.05) is 13.1 Å². The maximum atomic E-state index is 13.2. The molecule has 0 aliphatic carbocycles. The number of hydrogen-bond acceptors (Lipinski definition) is 5. The Balaban J connectivity index is 1.81. The van der Waals surface area contributed by atoms with Crippen LogP contribution >= 0.6 is 0 Å². The molecule has 7 nitrogen and oxygen atoms in total. The largest absolute Gasteiger partial charge is 0.460 e. The maximum Gasteiger partial charge on any atom is 0.311 e. The first-order chi connectivity index (χ1) is 13.1. The number of ether oxygens (including phenoxy) is 1. The Morgan fingerprint density at radius 3 is 2.64 bits per heavy atom. The second-order valence-electron chi connectivity index (χ2n) is 8.84. The summed E-state index contributed by atoms with van der Waals surface area (Å²) < 4.78 is 7.37. The molecule has 0 unspecified atom stereocenters. The van der Waals surface area contributed by atoms with Crippen molar-refractivity contribution in [1.29, 1.82) is 0 Å². The van der Waals surface area contributed by atoms with Gasteiger partial charge in [-0.25, -0.2) is 9.67 Å². The van der Waals surface area contributed by atoms with E-state index in [-0.39, 0.29) is 23.8 Å². The smallest absolute Gasteiger partial charge is 0.311 e. The number of fused-ring (bicyclic) bond motifs is 1. The lowest BCUT2D eigenvalue weighted by molar-refractivity contribution is -0.161. The van der Waals surface area contributed by atoms with Gasteiger partial charge in [0.15, 0.2) is 5.65 Å². The summed E-state index contributed by atoms with van der Waals surface area (Å²) in [4.78, 5) is 32.0. The summed E-state index contributed by atoms with van der Waals surface area (Å²) in [5, 5.41) is 5.24. The number of pyridine rings is 1. The number of aryl methyl sites for hydroxylation is 1. The number of hydrogen-bond donors (Lipinski definition) is 0. The molecule has 152 valence electrons. The SMILES string of the molecule is Cc1nc2c(cnn2C(C)C)cc1C(=O)N1CCC[C@H](C(=O)OC(C)(C)C)C1. The van der Waals surface area contributed by atoms with Crippen LogP contribution in [-0.2, 0) is 9.53 Å². The molecule has 3 rings (SSSR count). The van der Waals surface area contributed by atoms with Crippen molar-refractivity contribution in [1.82, 2.24) is 19.7 Å². The van der Waals surface area contributed by atoms with E-state index in [1.807, 2.05) is 52.3 Å². The summed E-state index contributed by atoms with van der Waals surface area (Å²) in [7, 11) is 0. The minimum atomic E-state index is -0.522. The molecule has 1 atom stereocenters. The van der Waals surface area contributed by atoms with Gasteiger partial charge in [0.05, 0.1) is 23.4 Å². The van der Waals surface area contributed by atoms with E-state index in [9.17, 15) is 9.59 Å². The Morgan fingerprint density at radius 2 is 2.00 bits per heavy atom. The topological polar surface area (TPSA) is 77.3 Å². The number of likely N-dealkylation sites (tertiary alicyclic amines) is 1. The quantitative estimate of drug-likeness (QED) is 0.755. The predicted octanol–water partition coefficient (Wildman–Crippen LogP) is 3.51. The molecule has 28 heavy (non-hydrogen) atoms. The zero-order valence-corrected chi connectivity index (χ0v) is 17.7. The van der Waals surface area contributed by atoms with E-state index < -0.39 is 5.60 Å². The van der Waals surface area contributed by atoms with Crippen molar-refractivity contribution in [2.45, 2.75) is 66.0 Å². The summed E-state index contributed by atoms with van der Waals surface area (Å²) in [6, 6.07) is 2.06. The lowest BCUT2D eigenvalue weighted by Crippen LogP contribution is -2.44. The first-order valence-electron chi connectivity index (χ1n) is 9.94. The van der Waals surface area contributed by atoms with Crippen molar-refractivity contribution >= 4 is 22.9 Å². The second kappa shape index (κ2) is 7.53. The molecular formula is C21H30N4O3. The standard InChI is InChI=1S/C21H30N4O3/c1-13(2)25-18-16(11-22-25)10-17(14(3)23-18)19(26)24-9-7-8-15(12-24)20(27)28-21(4,5)6/h10-11,13,15H,7-9,12H2,1-6H3/t15-/m0/s1. The number of aromatic nitrogens is 3. The van der Waals surface area contributed by atoms with Crippen molar-refractivity contribution in [2.24, 2.45) is 5.92 Å². The fourth-order valence-corrected chi connectivity index (χ4v) is 3.57. The Bertz CT molecular complexity index is 895. The van der Waals surface area contributed by atoms with Crippen LogP contribution in [0, 0.1) is 12.8 Å². The van der Waals surface area contributed by atoms with Gasteiger partial charge in [-0.15, -0.1) is 0 Å². The van der Waals surface area contributed by atoms with Gasteiger partial charge in [-0.05, 0) is 60.5 Å². The number of rotatable bonds is 3. The minimum absolute atomic E-state index is 0.0857. The second-order valence-corrected chi connectivity index (χ2v) is 8.84. The van der Waals surface area contributed by atoms with Crippen LogP contribution in [0.25, 0.3) is 11.0 Å². The first-order valence-corrected chi connectivity index (χ1v) is 9.94. The number of carbonyl (C=O) groups excluding carboxylic acids is 2. The summed E-state index contributed by atoms with van der Waals surface area (Å²) in [5.74, 6) is -0.594. The van der Waals surface area contributed by atoms with Gasteiger partial charge in [-0.3, -0.25) is 9.59 Å². The molecule has 1 aliphatic heterocycles. The van der Waals surface area contributed by atoms with E-state index in [0.717, 1.165) is 23.9 Å². The molecule has 1 fully saturated rings. The highest BCUT2D eigenvalue weighted by molar-refractivity contribution is 5.98. The van der Waals surface area contributed by atoms with Gasteiger partial charge in [0.25, 0.3) is 5.91 Å². The summed E-state index contributed by atoms with van der Waals surface area (Å²) >= 11 is 0. The number of amides is 1. The molecule has 7 heteroatoms. The highest BCUT2D eigenvalue weighted by Gasteiger charge is 2.32. The van der Waals surface area contributed by atoms with Crippen molar-refractivity contribution < 1.29 is 14.3 Å². The summed E-state index contributed by atoms with van der Waals surface area (Å²) in [6.45, 7) is 12.5. The Kier molecular flexibility index (Phi) is 5.46.